The maximum absolute atomic E-state index is 10.6. The third kappa shape index (κ3) is 2.84. The van der Waals surface area contributed by atoms with Crippen LogP contribution in [0.4, 0.5) is 0 Å². The van der Waals surface area contributed by atoms with E-state index in [-0.39, 0.29) is 18.5 Å². The van der Waals surface area contributed by atoms with Crippen molar-refractivity contribution in [1.82, 2.24) is 0 Å². The first-order valence-electron chi connectivity index (χ1n) is 5.29. The minimum atomic E-state index is -0.996. The molecule has 1 aliphatic rings. The molecule has 1 aliphatic heterocycles. The first-order chi connectivity index (χ1) is 7.75. The van der Waals surface area contributed by atoms with E-state index in [1.54, 1.807) is 0 Å². The molecule has 0 bridgehead atoms. The van der Waals surface area contributed by atoms with Gasteiger partial charge in [0.15, 0.2) is 6.29 Å². The minimum Gasteiger partial charge on any atom is -0.478 e. The average Bonchev–Trinajstić information content (AvgIpc) is 2.76. The van der Waals surface area contributed by atoms with Gasteiger partial charge in [-0.15, -0.1) is 0 Å². The number of hydrogen-bond donors (Lipinski definition) is 1. The standard InChI is InChI=1S/C11H14O5/c12-11(13)8-5-9(15-6-8)7-16-10-3-1-2-4-14-10/h5-6,10H,1-4,7H2,(H,12,13). The van der Waals surface area contributed by atoms with Crippen molar-refractivity contribution in [2.45, 2.75) is 32.2 Å². The molecule has 5 heteroatoms. The molecule has 1 aromatic rings. The molecule has 0 aliphatic carbocycles. The zero-order valence-electron chi connectivity index (χ0n) is 8.85. The molecular weight excluding hydrogens is 212 g/mol. The van der Waals surface area contributed by atoms with E-state index < -0.39 is 5.97 Å². The van der Waals surface area contributed by atoms with Crippen molar-refractivity contribution in [3.8, 4) is 0 Å². The van der Waals surface area contributed by atoms with E-state index in [9.17, 15) is 4.79 Å². The Labute approximate surface area is 93.0 Å². The highest BCUT2D eigenvalue weighted by Crippen LogP contribution is 2.16. The van der Waals surface area contributed by atoms with Crippen molar-refractivity contribution in [3.05, 3.63) is 23.7 Å². The summed E-state index contributed by atoms with van der Waals surface area (Å²) in [5.74, 6) is -0.490. The number of carboxylic acid groups (broad SMARTS) is 1. The molecule has 1 fully saturated rings. The van der Waals surface area contributed by atoms with E-state index >= 15 is 0 Å². The van der Waals surface area contributed by atoms with Crippen molar-refractivity contribution in [1.29, 1.82) is 0 Å². The molecule has 1 saturated heterocycles. The predicted molar refractivity (Wildman–Crippen MR) is 54.0 cm³/mol. The first kappa shape index (κ1) is 11.2. The van der Waals surface area contributed by atoms with Crippen LogP contribution in [0.5, 0.6) is 0 Å². The fourth-order valence-electron chi connectivity index (χ4n) is 1.59. The highest BCUT2D eigenvalue weighted by molar-refractivity contribution is 5.87. The minimum absolute atomic E-state index is 0.142. The number of hydrogen-bond acceptors (Lipinski definition) is 4. The van der Waals surface area contributed by atoms with Gasteiger partial charge in [-0.1, -0.05) is 0 Å². The fourth-order valence-corrected chi connectivity index (χ4v) is 1.59. The quantitative estimate of drug-likeness (QED) is 0.850. The lowest BCUT2D eigenvalue weighted by Gasteiger charge is -2.22. The van der Waals surface area contributed by atoms with E-state index in [0.29, 0.717) is 5.76 Å². The average molecular weight is 226 g/mol. The van der Waals surface area contributed by atoms with Crippen molar-refractivity contribution in [3.63, 3.8) is 0 Å². The van der Waals surface area contributed by atoms with Gasteiger partial charge in [-0.05, 0) is 25.3 Å². The number of ether oxygens (including phenoxy) is 2. The number of carbonyl (C=O) groups is 1. The van der Waals surface area contributed by atoms with Gasteiger partial charge in [0.25, 0.3) is 0 Å². The van der Waals surface area contributed by atoms with E-state index in [2.05, 4.69) is 0 Å². The van der Waals surface area contributed by atoms with Crippen LogP contribution in [-0.4, -0.2) is 24.0 Å². The van der Waals surface area contributed by atoms with Crippen LogP contribution in [0.15, 0.2) is 16.7 Å². The smallest absolute Gasteiger partial charge is 0.338 e. The van der Waals surface area contributed by atoms with Gasteiger partial charge in [0.1, 0.15) is 18.6 Å². The highest BCUT2D eigenvalue weighted by atomic mass is 16.7. The van der Waals surface area contributed by atoms with E-state index in [1.807, 2.05) is 0 Å². The van der Waals surface area contributed by atoms with Gasteiger partial charge < -0.3 is 19.0 Å². The lowest BCUT2D eigenvalue weighted by Crippen LogP contribution is -2.21. The van der Waals surface area contributed by atoms with Crippen molar-refractivity contribution in [2.75, 3.05) is 6.61 Å². The van der Waals surface area contributed by atoms with Crippen molar-refractivity contribution >= 4 is 5.97 Å². The Kier molecular flexibility index (Phi) is 3.58. The predicted octanol–water partition coefficient (Wildman–Crippen LogP) is 2.02. The number of rotatable bonds is 4. The molecule has 0 radical (unpaired) electrons. The van der Waals surface area contributed by atoms with Crippen LogP contribution in [0.25, 0.3) is 0 Å². The van der Waals surface area contributed by atoms with Crippen molar-refractivity contribution in [2.24, 2.45) is 0 Å². The van der Waals surface area contributed by atoms with Gasteiger partial charge in [-0.3, -0.25) is 0 Å². The van der Waals surface area contributed by atoms with Crippen LogP contribution in [0.3, 0.4) is 0 Å². The summed E-state index contributed by atoms with van der Waals surface area (Å²) >= 11 is 0. The fraction of sp³-hybridized carbons (Fsp3) is 0.545. The molecule has 2 rings (SSSR count). The Morgan fingerprint density at radius 3 is 3.06 bits per heavy atom. The maximum atomic E-state index is 10.6. The monoisotopic (exact) mass is 226 g/mol. The Morgan fingerprint density at radius 1 is 1.56 bits per heavy atom. The zero-order chi connectivity index (χ0) is 11.4. The molecule has 1 unspecified atom stereocenters. The van der Waals surface area contributed by atoms with Gasteiger partial charge in [0.05, 0.1) is 5.56 Å². The van der Waals surface area contributed by atoms with Crippen LogP contribution in [0, 0.1) is 0 Å². The summed E-state index contributed by atoms with van der Waals surface area (Å²) in [5, 5.41) is 8.69. The SMILES string of the molecule is O=C(O)c1coc(COC2CCCCO2)c1. The molecule has 0 spiro atoms. The van der Waals surface area contributed by atoms with Crippen LogP contribution < -0.4 is 0 Å². The third-order valence-corrected chi connectivity index (χ3v) is 2.45. The van der Waals surface area contributed by atoms with Gasteiger partial charge in [-0.25, -0.2) is 4.79 Å². The second-order valence-corrected chi connectivity index (χ2v) is 3.71. The largest absolute Gasteiger partial charge is 0.478 e. The van der Waals surface area contributed by atoms with E-state index in [4.69, 9.17) is 19.0 Å². The molecular formula is C11H14O5. The molecule has 1 aromatic heterocycles. The number of furan rings is 1. The topological polar surface area (TPSA) is 68.9 Å². The van der Waals surface area contributed by atoms with Crippen LogP contribution in [-0.2, 0) is 16.1 Å². The van der Waals surface area contributed by atoms with Crippen LogP contribution in [0.1, 0.15) is 35.4 Å². The summed E-state index contributed by atoms with van der Waals surface area (Å²) in [7, 11) is 0. The van der Waals surface area contributed by atoms with Crippen LogP contribution >= 0.6 is 0 Å². The Balaban J connectivity index is 1.81. The molecule has 0 aromatic carbocycles. The Bertz CT molecular complexity index is 351. The molecule has 0 amide bonds. The maximum Gasteiger partial charge on any atom is 0.338 e. The first-order valence-corrected chi connectivity index (χ1v) is 5.29. The molecule has 16 heavy (non-hydrogen) atoms. The molecule has 1 atom stereocenters. The highest BCUT2D eigenvalue weighted by Gasteiger charge is 2.15. The zero-order valence-corrected chi connectivity index (χ0v) is 8.85. The Hall–Kier alpha value is -1.33. The second-order valence-electron chi connectivity index (χ2n) is 3.71. The third-order valence-electron chi connectivity index (χ3n) is 2.45. The Morgan fingerprint density at radius 2 is 2.44 bits per heavy atom. The molecule has 88 valence electrons. The summed E-state index contributed by atoms with van der Waals surface area (Å²) in [6.45, 7) is 0.973. The lowest BCUT2D eigenvalue weighted by atomic mass is 10.2. The molecule has 2 heterocycles. The van der Waals surface area contributed by atoms with Gasteiger partial charge in [-0.2, -0.15) is 0 Å². The summed E-state index contributed by atoms with van der Waals surface area (Å²) in [6.07, 6.45) is 4.08. The summed E-state index contributed by atoms with van der Waals surface area (Å²) in [4.78, 5) is 10.6. The lowest BCUT2D eigenvalue weighted by molar-refractivity contribution is -0.171. The number of aromatic carboxylic acids is 1. The van der Waals surface area contributed by atoms with Gasteiger partial charge in [0, 0.05) is 6.61 Å². The van der Waals surface area contributed by atoms with E-state index in [1.165, 1.54) is 12.3 Å². The molecule has 1 N–H and O–H groups in total. The van der Waals surface area contributed by atoms with Gasteiger partial charge in [0.2, 0.25) is 0 Å². The summed E-state index contributed by atoms with van der Waals surface area (Å²) < 4.78 is 15.9. The molecule has 5 nitrogen and oxygen atoms in total. The van der Waals surface area contributed by atoms with Crippen molar-refractivity contribution < 1.29 is 23.8 Å². The molecule has 0 saturated carbocycles. The summed E-state index contributed by atoms with van der Waals surface area (Å²) in [5.41, 5.74) is 0.142. The van der Waals surface area contributed by atoms with Gasteiger partial charge >= 0.3 is 5.97 Å². The van der Waals surface area contributed by atoms with E-state index in [0.717, 1.165) is 25.9 Å². The number of carboxylic acids is 1. The van der Waals surface area contributed by atoms with Crippen LogP contribution in [0.2, 0.25) is 0 Å². The second kappa shape index (κ2) is 5.14. The normalized spacial score (nSPS) is 20.9. The summed E-state index contributed by atoms with van der Waals surface area (Å²) in [6, 6.07) is 1.46.